The van der Waals surface area contributed by atoms with Crippen molar-refractivity contribution in [1.82, 2.24) is 19.9 Å². The number of nitrogens with zero attached hydrogens (tertiary/aromatic N) is 4. The smallest absolute Gasteiger partial charge is 0.319 e. The lowest BCUT2D eigenvalue weighted by molar-refractivity contribution is 0.107. The van der Waals surface area contributed by atoms with Crippen molar-refractivity contribution in [3.63, 3.8) is 0 Å². The second kappa shape index (κ2) is 6.17. The molecule has 2 aromatic heterocycles. The molecule has 0 unspecified atom stereocenters. The van der Waals surface area contributed by atoms with Crippen molar-refractivity contribution < 1.29 is 13.5 Å². The normalized spacial score (nSPS) is 26.2. The van der Waals surface area contributed by atoms with E-state index < -0.39 is 12.0 Å². The van der Waals surface area contributed by atoms with Crippen LogP contribution in [0.3, 0.4) is 0 Å². The number of aromatic nitrogens is 3. The van der Waals surface area contributed by atoms with Crippen LogP contribution in [0.2, 0.25) is 5.15 Å². The summed E-state index contributed by atoms with van der Waals surface area (Å²) in [4.78, 5) is 14.3. The van der Waals surface area contributed by atoms with Crippen LogP contribution in [0.15, 0.2) is 6.20 Å². The number of halogens is 3. The average Bonchev–Trinajstić information content (AvgIpc) is 3.11. The number of pyridine rings is 1. The quantitative estimate of drug-likeness (QED) is 0.836. The molecule has 0 aliphatic carbocycles. The van der Waals surface area contributed by atoms with E-state index in [1.165, 1.54) is 6.20 Å². The number of fused-ring (bicyclic) bond motifs is 2. The highest BCUT2D eigenvalue weighted by molar-refractivity contribution is 6.30. The van der Waals surface area contributed by atoms with Crippen LogP contribution in [0.25, 0.3) is 10.9 Å². The van der Waals surface area contributed by atoms with Gasteiger partial charge in [0, 0.05) is 26.2 Å². The zero-order chi connectivity index (χ0) is 17.6. The summed E-state index contributed by atoms with van der Waals surface area (Å²) in [7, 11) is 1.67. The Morgan fingerprint density at radius 2 is 2.32 bits per heavy atom. The Morgan fingerprint density at radius 3 is 3.12 bits per heavy atom. The third-order valence-electron chi connectivity index (χ3n) is 5.09. The van der Waals surface area contributed by atoms with Gasteiger partial charge in [-0.2, -0.15) is 9.97 Å². The van der Waals surface area contributed by atoms with Crippen molar-refractivity contribution in [1.29, 1.82) is 0 Å². The summed E-state index contributed by atoms with van der Waals surface area (Å²) in [5, 5.41) is 3.05. The molecule has 2 aromatic rings. The molecule has 0 radical (unpaired) electrons. The molecule has 0 spiro atoms. The van der Waals surface area contributed by atoms with Gasteiger partial charge in [-0.05, 0) is 19.4 Å². The number of alkyl halides is 1. The van der Waals surface area contributed by atoms with Crippen molar-refractivity contribution in [3.8, 4) is 6.01 Å². The lowest BCUT2D eigenvalue weighted by Gasteiger charge is -2.30. The molecule has 0 bridgehead atoms. The largest absolute Gasteiger partial charge is 0.461 e. The summed E-state index contributed by atoms with van der Waals surface area (Å²) in [5.74, 6) is -0.313. The number of nitrogens with one attached hydrogen (secondary N) is 1. The standard InChI is InChI=1S/C16H18ClF2N5O/c1-20-14-10-6-21-13(17)11(19)12(10)22-15(23-14)25-8-16-3-2-4-24(16)7-9(18)5-16/h6,9H,2-5,7-8H2,1H3,(H,20,22,23)/t9-,16+/m1/s1. The molecule has 134 valence electrons. The van der Waals surface area contributed by atoms with Gasteiger partial charge in [0.1, 0.15) is 24.1 Å². The maximum Gasteiger partial charge on any atom is 0.319 e. The van der Waals surface area contributed by atoms with E-state index >= 15 is 0 Å². The highest BCUT2D eigenvalue weighted by Gasteiger charge is 2.49. The van der Waals surface area contributed by atoms with Crippen molar-refractivity contribution >= 4 is 28.3 Å². The minimum Gasteiger partial charge on any atom is -0.461 e. The molecule has 2 saturated heterocycles. The molecule has 9 heteroatoms. The van der Waals surface area contributed by atoms with Gasteiger partial charge in [0.15, 0.2) is 11.0 Å². The van der Waals surface area contributed by atoms with Crippen molar-refractivity contribution in [2.45, 2.75) is 31.0 Å². The maximum atomic E-state index is 14.3. The molecule has 1 N–H and O–H groups in total. The van der Waals surface area contributed by atoms with Crippen molar-refractivity contribution in [2.24, 2.45) is 0 Å². The summed E-state index contributed by atoms with van der Waals surface area (Å²) in [6.45, 7) is 1.60. The van der Waals surface area contributed by atoms with E-state index in [0.29, 0.717) is 24.2 Å². The number of hydrogen-bond donors (Lipinski definition) is 1. The highest BCUT2D eigenvalue weighted by Crippen LogP contribution is 2.40. The molecule has 4 heterocycles. The van der Waals surface area contributed by atoms with Crippen LogP contribution >= 0.6 is 11.6 Å². The predicted octanol–water partition coefficient (Wildman–Crippen LogP) is 2.81. The van der Waals surface area contributed by atoms with Gasteiger partial charge in [0.2, 0.25) is 0 Å². The van der Waals surface area contributed by atoms with E-state index in [4.69, 9.17) is 16.3 Å². The number of ether oxygens (including phenoxy) is 1. The van der Waals surface area contributed by atoms with Crippen LogP contribution in [0.5, 0.6) is 6.01 Å². The van der Waals surface area contributed by atoms with Crippen LogP contribution in [-0.4, -0.2) is 58.3 Å². The van der Waals surface area contributed by atoms with Gasteiger partial charge < -0.3 is 10.1 Å². The van der Waals surface area contributed by atoms with Gasteiger partial charge in [-0.3, -0.25) is 4.90 Å². The average molecular weight is 370 g/mol. The van der Waals surface area contributed by atoms with Crippen LogP contribution in [0, 0.1) is 5.82 Å². The predicted molar refractivity (Wildman–Crippen MR) is 90.4 cm³/mol. The number of hydrogen-bond acceptors (Lipinski definition) is 6. The first-order chi connectivity index (χ1) is 12.0. The zero-order valence-electron chi connectivity index (χ0n) is 13.7. The molecule has 6 nitrogen and oxygen atoms in total. The Hall–Kier alpha value is -1.80. The second-order valence-corrected chi connectivity index (χ2v) is 6.95. The Kier molecular flexibility index (Phi) is 4.11. The molecule has 2 fully saturated rings. The molecular formula is C16H18ClF2N5O. The molecule has 2 atom stereocenters. The summed E-state index contributed by atoms with van der Waals surface area (Å²) in [5.41, 5.74) is -0.267. The van der Waals surface area contributed by atoms with E-state index in [9.17, 15) is 8.78 Å². The third kappa shape index (κ3) is 2.77. The van der Waals surface area contributed by atoms with E-state index in [-0.39, 0.29) is 28.8 Å². The van der Waals surface area contributed by atoms with Gasteiger partial charge in [-0.15, -0.1) is 0 Å². The summed E-state index contributed by atoms with van der Waals surface area (Å²) in [6, 6.07) is 0.0431. The Labute approximate surface area is 148 Å². The van der Waals surface area contributed by atoms with E-state index in [1.807, 2.05) is 0 Å². The second-order valence-electron chi connectivity index (χ2n) is 6.59. The van der Waals surface area contributed by atoms with Crippen LogP contribution in [0.4, 0.5) is 14.6 Å². The SMILES string of the molecule is CNc1nc(OC[C@@]23CCCN2C[C@H](F)C3)nc2c(F)c(Cl)ncc12. The molecule has 0 saturated carbocycles. The monoisotopic (exact) mass is 369 g/mol. The molecule has 0 amide bonds. The lowest BCUT2D eigenvalue weighted by atomic mass is 9.95. The van der Waals surface area contributed by atoms with Crippen molar-refractivity contribution in [3.05, 3.63) is 17.2 Å². The van der Waals surface area contributed by atoms with Crippen LogP contribution in [-0.2, 0) is 0 Å². The zero-order valence-corrected chi connectivity index (χ0v) is 14.5. The summed E-state index contributed by atoms with van der Waals surface area (Å²) >= 11 is 5.75. The lowest BCUT2D eigenvalue weighted by Crippen LogP contribution is -2.43. The van der Waals surface area contributed by atoms with E-state index in [1.54, 1.807) is 7.05 Å². The fourth-order valence-electron chi connectivity index (χ4n) is 3.92. The molecule has 4 rings (SSSR count). The summed E-state index contributed by atoms with van der Waals surface area (Å²) < 4.78 is 33.9. The van der Waals surface area contributed by atoms with Crippen molar-refractivity contribution in [2.75, 3.05) is 32.1 Å². The van der Waals surface area contributed by atoms with Gasteiger partial charge in [0.25, 0.3) is 0 Å². The van der Waals surface area contributed by atoms with Gasteiger partial charge in [-0.25, -0.2) is 13.8 Å². The topological polar surface area (TPSA) is 63.2 Å². The van der Waals surface area contributed by atoms with E-state index in [0.717, 1.165) is 19.4 Å². The third-order valence-corrected chi connectivity index (χ3v) is 5.35. The van der Waals surface area contributed by atoms with Gasteiger partial charge in [-0.1, -0.05) is 11.6 Å². The Bertz CT molecular complexity index is 823. The molecule has 0 aromatic carbocycles. The molecule has 25 heavy (non-hydrogen) atoms. The minimum atomic E-state index is -0.836. The first-order valence-electron chi connectivity index (χ1n) is 8.24. The fourth-order valence-corrected chi connectivity index (χ4v) is 4.06. The van der Waals surface area contributed by atoms with Gasteiger partial charge >= 0.3 is 6.01 Å². The Morgan fingerprint density at radius 1 is 1.48 bits per heavy atom. The van der Waals surface area contributed by atoms with Crippen LogP contribution in [0.1, 0.15) is 19.3 Å². The summed E-state index contributed by atoms with van der Waals surface area (Å²) in [6.07, 6.45) is 2.93. The molecule has 2 aliphatic heterocycles. The fraction of sp³-hybridized carbons (Fsp3) is 0.562. The molecule has 2 aliphatic rings. The van der Waals surface area contributed by atoms with Crippen LogP contribution < -0.4 is 10.1 Å². The first kappa shape index (κ1) is 16.7. The highest BCUT2D eigenvalue weighted by atomic mass is 35.5. The molecular weight excluding hydrogens is 352 g/mol. The first-order valence-corrected chi connectivity index (χ1v) is 8.62. The van der Waals surface area contributed by atoms with Gasteiger partial charge in [0.05, 0.1) is 10.9 Å². The minimum absolute atomic E-state index is 0.0431. The maximum absolute atomic E-state index is 14.3. The van der Waals surface area contributed by atoms with E-state index in [2.05, 4.69) is 25.2 Å². The number of rotatable bonds is 4. The number of anilines is 1. The Balaban J connectivity index is 1.64.